The van der Waals surface area contributed by atoms with E-state index < -0.39 is 6.15 Å². The van der Waals surface area contributed by atoms with E-state index in [1.807, 2.05) is 0 Å². The van der Waals surface area contributed by atoms with Crippen molar-refractivity contribution in [2.24, 2.45) is 0 Å². The van der Waals surface area contributed by atoms with Crippen molar-refractivity contribution in [3.05, 3.63) is 192 Å². The van der Waals surface area contributed by atoms with Gasteiger partial charge < -0.3 is 0 Å². The first-order valence-corrected chi connectivity index (χ1v) is 13.9. The van der Waals surface area contributed by atoms with E-state index in [0.717, 1.165) is 12.8 Å². The molecule has 0 radical (unpaired) electrons. The lowest BCUT2D eigenvalue weighted by Gasteiger charge is -2.46. The molecule has 0 nitrogen and oxygen atoms in total. The standard InChI is InChI=1S/C38H32B/c1-6-17-31(18-7-1)29-33-21-16-28-38(37(33)30-32-19-8-2-9-20-32)39(34-22-10-3-11-23-34,35-24-12-4-13-25-35)36-26-14-5-15-27-36/h1-28H,29-30H2/q-1. The van der Waals surface area contributed by atoms with E-state index >= 15 is 0 Å². The lowest BCUT2D eigenvalue weighted by molar-refractivity contribution is 1.10. The minimum absolute atomic E-state index is 0.884. The Kier molecular flexibility index (Phi) is 7.23. The van der Waals surface area contributed by atoms with Crippen molar-refractivity contribution in [2.75, 3.05) is 0 Å². The SMILES string of the molecule is c1ccc(Cc2cccc([B-](c3ccccc3)(c3ccccc3)c3ccccc3)c2Cc2ccccc2)cc1. The minimum atomic E-state index is -1.45. The van der Waals surface area contributed by atoms with Gasteiger partial charge in [-0.15, -0.1) is 0 Å². The Hall–Kier alpha value is -4.62. The van der Waals surface area contributed by atoms with Gasteiger partial charge in [0.1, 0.15) is 6.15 Å². The summed E-state index contributed by atoms with van der Waals surface area (Å²) in [6, 6.07) is 62.1. The van der Waals surface area contributed by atoms with Crippen molar-refractivity contribution < 1.29 is 0 Å². The van der Waals surface area contributed by atoms with E-state index in [2.05, 4.69) is 170 Å². The first-order valence-electron chi connectivity index (χ1n) is 13.9. The van der Waals surface area contributed by atoms with Crippen LogP contribution in [0.15, 0.2) is 170 Å². The van der Waals surface area contributed by atoms with Crippen LogP contribution in [0.1, 0.15) is 22.3 Å². The summed E-state index contributed by atoms with van der Waals surface area (Å²) in [5.41, 5.74) is 10.9. The Morgan fingerprint density at radius 1 is 0.333 bits per heavy atom. The van der Waals surface area contributed by atoms with E-state index in [0.29, 0.717) is 0 Å². The zero-order valence-corrected chi connectivity index (χ0v) is 22.2. The summed E-state index contributed by atoms with van der Waals surface area (Å²) < 4.78 is 0. The average Bonchev–Trinajstić information content (AvgIpc) is 3.02. The fraction of sp³-hybridized carbons (Fsp3) is 0.0526. The molecule has 0 aromatic heterocycles. The molecular formula is C38H32B-. The molecule has 0 spiro atoms. The number of hydrogen-bond donors (Lipinski definition) is 0. The van der Waals surface area contributed by atoms with Crippen molar-refractivity contribution >= 4 is 28.0 Å². The Morgan fingerprint density at radius 3 is 1.15 bits per heavy atom. The summed E-state index contributed by atoms with van der Waals surface area (Å²) in [5.74, 6) is 0. The van der Waals surface area contributed by atoms with Crippen LogP contribution in [0.25, 0.3) is 0 Å². The molecule has 0 atom stereocenters. The summed E-state index contributed by atoms with van der Waals surface area (Å²) in [6.45, 7) is 0. The van der Waals surface area contributed by atoms with Crippen LogP contribution in [-0.2, 0) is 12.8 Å². The van der Waals surface area contributed by atoms with Gasteiger partial charge >= 0.3 is 0 Å². The first-order chi connectivity index (χ1) is 19.4. The Morgan fingerprint density at radius 2 is 0.718 bits per heavy atom. The van der Waals surface area contributed by atoms with Gasteiger partial charge in [-0.05, 0) is 29.5 Å². The van der Waals surface area contributed by atoms with E-state index in [4.69, 9.17) is 0 Å². The van der Waals surface area contributed by atoms with Gasteiger partial charge in [0.15, 0.2) is 0 Å². The third-order valence-corrected chi connectivity index (χ3v) is 8.14. The molecule has 0 aliphatic carbocycles. The van der Waals surface area contributed by atoms with Crippen LogP contribution in [0.3, 0.4) is 0 Å². The topological polar surface area (TPSA) is 0 Å². The van der Waals surface area contributed by atoms with Crippen molar-refractivity contribution in [3.8, 4) is 0 Å². The van der Waals surface area contributed by atoms with Gasteiger partial charge in [0.05, 0.1) is 0 Å². The Balaban J connectivity index is 1.69. The molecule has 0 saturated carbocycles. The number of benzene rings is 6. The third-order valence-electron chi connectivity index (χ3n) is 8.14. The zero-order chi connectivity index (χ0) is 26.3. The number of hydrogen-bond acceptors (Lipinski definition) is 0. The van der Waals surface area contributed by atoms with Crippen LogP contribution < -0.4 is 21.9 Å². The maximum Gasteiger partial charge on any atom is 0.108 e. The maximum atomic E-state index is 2.39. The number of rotatable bonds is 8. The second kappa shape index (κ2) is 11.4. The molecule has 1 heteroatoms. The van der Waals surface area contributed by atoms with Gasteiger partial charge in [0.2, 0.25) is 0 Å². The normalized spacial score (nSPS) is 11.3. The van der Waals surface area contributed by atoms with E-state index in [1.54, 1.807) is 0 Å². The van der Waals surface area contributed by atoms with Crippen molar-refractivity contribution in [2.45, 2.75) is 12.8 Å². The lowest BCUT2D eigenvalue weighted by Crippen LogP contribution is -2.75. The van der Waals surface area contributed by atoms with E-state index in [-0.39, 0.29) is 0 Å². The molecule has 0 fully saturated rings. The molecule has 0 unspecified atom stereocenters. The van der Waals surface area contributed by atoms with Gasteiger partial charge in [0.25, 0.3) is 0 Å². The summed E-state index contributed by atoms with van der Waals surface area (Å²) in [4.78, 5) is 0. The van der Waals surface area contributed by atoms with E-state index in [9.17, 15) is 0 Å². The highest BCUT2D eigenvalue weighted by atomic mass is 14.2. The molecule has 188 valence electrons. The van der Waals surface area contributed by atoms with Crippen LogP contribution in [0.4, 0.5) is 0 Å². The lowest BCUT2D eigenvalue weighted by atomic mass is 9.12. The summed E-state index contributed by atoms with van der Waals surface area (Å²) in [7, 11) is 0. The first kappa shape index (κ1) is 24.7. The molecule has 6 rings (SSSR count). The molecule has 6 aromatic carbocycles. The summed E-state index contributed by atoms with van der Waals surface area (Å²) >= 11 is 0. The van der Waals surface area contributed by atoms with Crippen LogP contribution in [0.2, 0.25) is 0 Å². The molecule has 6 aromatic rings. The summed E-state index contributed by atoms with van der Waals surface area (Å²) in [6.07, 6.45) is 0.338. The van der Waals surface area contributed by atoms with Gasteiger partial charge in [-0.1, -0.05) is 175 Å². The van der Waals surface area contributed by atoms with Crippen molar-refractivity contribution in [1.82, 2.24) is 0 Å². The molecule has 0 aliphatic heterocycles. The average molecular weight is 499 g/mol. The third kappa shape index (κ3) is 4.96. The zero-order valence-electron chi connectivity index (χ0n) is 22.2. The van der Waals surface area contributed by atoms with Crippen LogP contribution in [0, 0.1) is 0 Å². The molecule has 0 heterocycles. The summed E-state index contributed by atoms with van der Waals surface area (Å²) in [5, 5.41) is 0. The smallest absolute Gasteiger partial charge is 0.108 e. The van der Waals surface area contributed by atoms with E-state index in [1.165, 1.54) is 44.1 Å². The molecule has 0 amide bonds. The second-order valence-electron chi connectivity index (χ2n) is 10.4. The molecule has 0 bridgehead atoms. The van der Waals surface area contributed by atoms with Crippen LogP contribution >= 0.6 is 0 Å². The highest BCUT2D eigenvalue weighted by Crippen LogP contribution is 2.21. The monoisotopic (exact) mass is 499 g/mol. The molecule has 0 aliphatic rings. The maximum absolute atomic E-state index is 2.39. The largest absolute Gasteiger partial charge is 0.195 e. The quantitative estimate of drug-likeness (QED) is 0.217. The highest BCUT2D eigenvalue weighted by molar-refractivity contribution is 7.20. The second-order valence-corrected chi connectivity index (χ2v) is 10.4. The van der Waals surface area contributed by atoms with Crippen LogP contribution in [0.5, 0.6) is 0 Å². The molecule has 39 heavy (non-hydrogen) atoms. The van der Waals surface area contributed by atoms with Crippen molar-refractivity contribution in [1.29, 1.82) is 0 Å². The predicted octanol–water partition coefficient (Wildman–Crippen LogP) is 6.25. The fourth-order valence-electron chi connectivity index (χ4n) is 6.40. The van der Waals surface area contributed by atoms with Crippen molar-refractivity contribution in [3.63, 3.8) is 0 Å². The molecule has 0 saturated heterocycles. The Labute approximate surface area is 232 Å². The van der Waals surface area contributed by atoms with Gasteiger partial charge in [-0.2, -0.15) is 21.9 Å². The Bertz CT molecular complexity index is 1510. The van der Waals surface area contributed by atoms with Gasteiger partial charge in [-0.3, -0.25) is 0 Å². The predicted molar refractivity (Wildman–Crippen MR) is 169 cm³/mol. The molecular weight excluding hydrogens is 467 g/mol. The highest BCUT2D eigenvalue weighted by Gasteiger charge is 2.33. The molecule has 0 N–H and O–H groups in total. The fourth-order valence-corrected chi connectivity index (χ4v) is 6.40. The minimum Gasteiger partial charge on any atom is -0.195 e. The van der Waals surface area contributed by atoms with Gasteiger partial charge in [0, 0.05) is 0 Å². The van der Waals surface area contributed by atoms with Crippen LogP contribution in [-0.4, -0.2) is 6.15 Å². The van der Waals surface area contributed by atoms with Gasteiger partial charge in [-0.25, -0.2) is 0 Å².